The van der Waals surface area contributed by atoms with Crippen molar-refractivity contribution >= 4 is 17.4 Å². The molecule has 0 saturated heterocycles. The highest BCUT2D eigenvalue weighted by Crippen LogP contribution is 2.21. The standard InChI is InChI=1S/C17H14N6O2/c1-25-12-4-2-11(3-5-12)13-10-14(22-21-13)17(24)20-16-6-8-18-15-7-9-19-23(15)16/h2-10H,1H3,(H,20,24)(H,21,22). The number of aromatic nitrogens is 5. The predicted octanol–water partition coefficient (Wildman–Crippen LogP) is 2.38. The van der Waals surface area contributed by atoms with Gasteiger partial charge in [0, 0.05) is 17.8 Å². The maximum atomic E-state index is 12.5. The van der Waals surface area contributed by atoms with Crippen LogP contribution in [0.15, 0.2) is 54.9 Å². The molecular weight excluding hydrogens is 320 g/mol. The molecule has 0 aliphatic carbocycles. The van der Waals surface area contributed by atoms with Crippen molar-refractivity contribution < 1.29 is 9.53 Å². The van der Waals surface area contributed by atoms with E-state index in [9.17, 15) is 4.79 Å². The largest absolute Gasteiger partial charge is 0.497 e. The Balaban J connectivity index is 1.57. The van der Waals surface area contributed by atoms with Gasteiger partial charge in [-0.2, -0.15) is 14.7 Å². The number of fused-ring (bicyclic) bond motifs is 1. The lowest BCUT2D eigenvalue weighted by Gasteiger charge is -2.05. The fraction of sp³-hybridized carbons (Fsp3) is 0.0588. The Morgan fingerprint density at radius 1 is 1.16 bits per heavy atom. The van der Waals surface area contributed by atoms with Crippen molar-refractivity contribution in [3.63, 3.8) is 0 Å². The molecule has 0 aliphatic heterocycles. The molecule has 1 amide bonds. The van der Waals surface area contributed by atoms with E-state index < -0.39 is 0 Å². The lowest BCUT2D eigenvalue weighted by molar-refractivity contribution is 0.102. The molecule has 0 aliphatic rings. The summed E-state index contributed by atoms with van der Waals surface area (Å²) in [5.74, 6) is 0.981. The molecule has 8 nitrogen and oxygen atoms in total. The molecule has 2 N–H and O–H groups in total. The number of benzene rings is 1. The van der Waals surface area contributed by atoms with Gasteiger partial charge in [0.2, 0.25) is 0 Å². The van der Waals surface area contributed by atoms with Crippen LogP contribution in [0.1, 0.15) is 10.5 Å². The molecule has 0 saturated carbocycles. The summed E-state index contributed by atoms with van der Waals surface area (Å²) >= 11 is 0. The first-order valence-corrected chi connectivity index (χ1v) is 7.54. The third-order valence-electron chi connectivity index (χ3n) is 3.74. The van der Waals surface area contributed by atoms with E-state index in [2.05, 4.69) is 25.6 Å². The van der Waals surface area contributed by atoms with E-state index in [1.165, 1.54) is 0 Å². The first kappa shape index (κ1) is 14.9. The molecule has 4 aromatic rings. The first-order valence-electron chi connectivity index (χ1n) is 7.54. The van der Waals surface area contributed by atoms with Crippen LogP contribution in [-0.2, 0) is 0 Å². The second kappa shape index (κ2) is 6.08. The van der Waals surface area contributed by atoms with Crippen molar-refractivity contribution in [1.29, 1.82) is 0 Å². The van der Waals surface area contributed by atoms with Crippen LogP contribution in [0.25, 0.3) is 16.9 Å². The van der Waals surface area contributed by atoms with Crippen LogP contribution in [0.5, 0.6) is 5.75 Å². The first-order chi connectivity index (χ1) is 12.2. The number of nitrogens with zero attached hydrogens (tertiary/aromatic N) is 4. The third-order valence-corrected chi connectivity index (χ3v) is 3.74. The lowest BCUT2D eigenvalue weighted by Crippen LogP contribution is -2.15. The Labute approximate surface area is 142 Å². The van der Waals surface area contributed by atoms with Crippen LogP contribution < -0.4 is 10.1 Å². The zero-order valence-corrected chi connectivity index (χ0v) is 13.3. The Morgan fingerprint density at radius 3 is 2.80 bits per heavy atom. The van der Waals surface area contributed by atoms with Crippen molar-refractivity contribution in [2.45, 2.75) is 0 Å². The lowest BCUT2D eigenvalue weighted by atomic mass is 10.1. The molecule has 0 radical (unpaired) electrons. The zero-order chi connectivity index (χ0) is 17.2. The smallest absolute Gasteiger partial charge is 0.274 e. The van der Waals surface area contributed by atoms with Crippen LogP contribution >= 0.6 is 0 Å². The topological polar surface area (TPSA) is 97.2 Å². The number of H-pyrrole nitrogens is 1. The molecule has 8 heteroatoms. The number of carbonyl (C=O) groups excluding carboxylic acids is 1. The molecule has 0 bridgehead atoms. The van der Waals surface area contributed by atoms with Gasteiger partial charge in [0.25, 0.3) is 5.91 Å². The van der Waals surface area contributed by atoms with Crippen molar-refractivity contribution in [2.24, 2.45) is 0 Å². The Morgan fingerprint density at radius 2 is 2.00 bits per heavy atom. The van der Waals surface area contributed by atoms with Gasteiger partial charge in [-0.3, -0.25) is 9.89 Å². The van der Waals surface area contributed by atoms with E-state index in [1.54, 1.807) is 42.2 Å². The summed E-state index contributed by atoms with van der Waals surface area (Å²) in [5.41, 5.74) is 2.56. The van der Waals surface area contributed by atoms with E-state index in [1.807, 2.05) is 24.3 Å². The molecule has 25 heavy (non-hydrogen) atoms. The van der Waals surface area contributed by atoms with E-state index >= 15 is 0 Å². The maximum Gasteiger partial charge on any atom is 0.274 e. The van der Waals surface area contributed by atoms with E-state index in [0.717, 1.165) is 11.3 Å². The van der Waals surface area contributed by atoms with Crippen LogP contribution in [-0.4, -0.2) is 37.8 Å². The number of hydrogen-bond donors (Lipinski definition) is 2. The minimum absolute atomic E-state index is 0.310. The number of amides is 1. The second-order valence-electron chi connectivity index (χ2n) is 5.28. The average molecular weight is 334 g/mol. The van der Waals surface area contributed by atoms with Gasteiger partial charge in [-0.25, -0.2) is 4.98 Å². The molecule has 0 unspecified atom stereocenters. The molecule has 1 aromatic carbocycles. The van der Waals surface area contributed by atoms with Gasteiger partial charge < -0.3 is 10.1 Å². The van der Waals surface area contributed by atoms with Crippen molar-refractivity contribution in [3.8, 4) is 17.0 Å². The number of nitrogens with one attached hydrogen (secondary N) is 2. The summed E-state index contributed by atoms with van der Waals surface area (Å²) < 4.78 is 6.69. The normalized spacial score (nSPS) is 10.8. The fourth-order valence-electron chi connectivity index (χ4n) is 2.46. The highest BCUT2D eigenvalue weighted by Gasteiger charge is 2.13. The van der Waals surface area contributed by atoms with Crippen LogP contribution in [0.3, 0.4) is 0 Å². The summed E-state index contributed by atoms with van der Waals surface area (Å²) in [4.78, 5) is 16.6. The molecule has 4 rings (SSSR count). The molecule has 0 spiro atoms. The molecule has 3 aromatic heterocycles. The number of methoxy groups -OCH3 is 1. The minimum Gasteiger partial charge on any atom is -0.497 e. The Kier molecular flexibility index (Phi) is 3.62. The van der Waals surface area contributed by atoms with Crippen molar-refractivity contribution in [1.82, 2.24) is 24.8 Å². The summed E-state index contributed by atoms with van der Waals surface area (Å²) in [5, 5.41) is 13.9. The molecular formula is C17H14N6O2. The van der Waals surface area contributed by atoms with Gasteiger partial charge in [0.05, 0.1) is 19.0 Å². The van der Waals surface area contributed by atoms with Crippen LogP contribution in [0.4, 0.5) is 5.82 Å². The molecule has 0 fully saturated rings. The highest BCUT2D eigenvalue weighted by atomic mass is 16.5. The Bertz CT molecular complexity index is 1030. The third kappa shape index (κ3) is 2.80. The quantitative estimate of drug-likeness (QED) is 0.597. The maximum absolute atomic E-state index is 12.5. The fourth-order valence-corrected chi connectivity index (χ4v) is 2.46. The summed E-state index contributed by atoms with van der Waals surface area (Å²) in [6, 6.07) is 12.6. The van der Waals surface area contributed by atoms with Crippen molar-refractivity contribution in [2.75, 3.05) is 12.4 Å². The summed E-state index contributed by atoms with van der Waals surface area (Å²) in [6.07, 6.45) is 3.23. The minimum atomic E-state index is -0.310. The van der Waals surface area contributed by atoms with Gasteiger partial charge in [-0.05, 0) is 36.4 Å². The predicted molar refractivity (Wildman–Crippen MR) is 91.5 cm³/mol. The van der Waals surface area contributed by atoms with E-state index in [0.29, 0.717) is 22.9 Å². The number of hydrogen-bond acceptors (Lipinski definition) is 5. The molecule has 124 valence electrons. The van der Waals surface area contributed by atoms with E-state index in [4.69, 9.17) is 4.74 Å². The summed E-state index contributed by atoms with van der Waals surface area (Å²) in [6.45, 7) is 0. The summed E-state index contributed by atoms with van der Waals surface area (Å²) in [7, 11) is 1.61. The van der Waals surface area contributed by atoms with Gasteiger partial charge in [-0.1, -0.05) is 0 Å². The number of carbonyl (C=O) groups is 1. The molecule has 3 heterocycles. The average Bonchev–Trinajstić information content (AvgIpc) is 3.32. The number of aromatic amines is 1. The second-order valence-corrected chi connectivity index (χ2v) is 5.28. The Hall–Kier alpha value is -3.68. The van der Waals surface area contributed by atoms with Crippen LogP contribution in [0, 0.1) is 0 Å². The van der Waals surface area contributed by atoms with E-state index in [-0.39, 0.29) is 5.91 Å². The highest BCUT2D eigenvalue weighted by molar-refractivity contribution is 6.03. The van der Waals surface area contributed by atoms with Gasteiger partial charge in [-0.15, -0.1) is 0 Å². The van der Waals surface area contributed by atoms with Gasteiger partial charge in [0.1, 0.15) is 17.3 Å². The monoisotopic (exact) mass is 334 g/mol. The number of rotatable bonds is 4. The van der Waals surface area contributed by atoms with Gasteiger partial charge >= 0.3 is 0 Å². The zero-order valence-electron chi connectivity index (χ0n) is 13.3. The number of ether oxygens (including phenoxy) is 1. The molecule has 0 atom stereocenters. The van der Waals surface area contributed by atoms with Gasteiger partial charge in [0.15, 0.2) is 5.65 Å². The SMILES string of the molecule is COc1ccc(-c2cc(C(=O)Nc3ccnc4ccnn34)[nH]n2)cc1. The van der Waals surface area contributed by atoms with Crippen molar-refractivity contribution in [3.05, 3.63) is 60.6 Å². The number of anilines is 1. The van der Waals surface area contributed by atoms with Crippen LogP contribution in [0.2, 0.25) is 0 Å².